The summed E-state index contributed by atoms with van der Waals surface area (Å²) in [7, 11) is 0.795. The van der Waals surface area contributed by atoms with Gasteiger partial charge < -0.3 is 4.74 Å². The SMILES string of the molecule is Cn1c(C(F)(F)F)cc(=O)n(-c2cc(OC(=O)C3CC3)c(Cl)cc2F)c1=O. The van der Waals surface area contributed by atoms with Crippen molar-refractivity contribution in [3.8, 4) is 11.4 Å². The number of hydrogen-bond donors (Lipinski definition) is 0. The van der Waals surface area contributed by atoms with Crippen molar-refractivity contribution in [2.45, 2.75) is 19.0 Å². The minimum atomic E-state index is -4.95. The molecule has 0 N–H and O–H groups in total. The smallest absolute Gasteiger partial charge is 0.425 e. The zero-order valence-corrected chi connectivity index (χ0v) is 14.4. The van der Waals surface area contributed by atoms with E-state index in [0.29, 0.717) is 18.9 Å². The molecule has 3 rings (SSSR count). The Kier molecular flexibility index (Phi) is 4.62. The summed E-state index contributed by atoms with van der Waals surface area (Å²) in [5.74, 6) is -2.37. The van der Waals surface area contributed by atoms with Crippen molar-refractivity contribution in [2.75, 3.05) is 0 Å². The van der Waals surface area contributed by atoms with Crippen LogP contribution in [-0.4, -0.2) is 15.1 Å². The van der Waals surface area contributed by atoms with E-state index in [0.717, 1.165) is 13.1 Å². The first-order chi connectivity index (χ1) is 12.5. The van der Waals surface area contributed by atoms with Gasteiger partial charge in [-0.05, 0) is 18.9 Å². The molecular formula is C16H11ClF4N2O4. The lowest BCUT2D eigenvalue weighted by Gasteiger charge is -2.15. The van der Waals surface area contributed by atoms with Crippen molar-refractivity contribution < 1.29 is 27.1 Å². The molecule has 1 saturated carbocycles. The van der Waals surface area contributed by atoms with Gasteiger partial charge in [-0.2, -0.15) is 13.2 Å². The Morgan fingerprint density at radius 3 is 2.41 bits per heavy atom. The summed E-state index contributed by atoms with van der Waals surface area (Å²) in [6, 6.07) is 1.70. The van der Waals surface area contributed by atoms with Crippen molar-refractivity contribution in [2.24, 2.45) is 13.0 Å². The third-order valence-electron chi connectivity index (χ3n) is 3.97. The van der Waals surface area contributed by atoms with Crippen LogP contribution < -0.4 is 16.0 Å². The van der Waals surface area contributed by atoms with E-state index in [9.17, 15) is 31.9 Å². The van der Waals surface area contributed by atoms with Crippen LogP contribution in [0.2, 0.25) is 5.02 Å². The molecule has 1 aromatic carbocycles. The normalized spacial score (nSPS) is 14.3. The van der Waals surface area contributed by atoms with E-state index >= 15 is 0 Å². The van der Waals surface area contributed by atoms with Crippen LogP contribution in [0.5, 0.6) is 5.75 Å². The monoisotopic (exact) mass is 406 g/mol. The molecule has 6 nitrogen and oxygen atoms in total. The van der Waals surface area contributed by atoms with Crippen molar-refractivity contribution in [3.63, 3.8) is 0 Å². The van der Waals surface area contributed by atoms with Crippen LogP contribution in [0.4, 0.5) is 17.6 Å². The lowest BCUT2D eigenvalue weighted by molar-refractivity contribution is -0.144. The predicted molar refractivity (Wildman–Crippen MR) is 85.6 cm³/mol. The van der Waals surface area contributed by atoms with E-state index in [2.05, 4.69) is 0 Å². The number of hydrogen-bond acceptors (Lipinski definition) is 4. The van der Waals surface area contributed by atoms with Gasteiger partial charge in [-0.3, -0.25) is 14.2 Å². The van der Waals surface area contributed by atoms with Crippen LogP contribution in [0.1, 0.15) is 18.5 Å². The minimum absolute atomic E-state index is 0.172. The molecule has 2 aromatic rings. The Bertz CT molecular complexity index is 1050. The summed E-state index contributed by atoms with van der Waals surface area (Å²) in [5.41, 5.74) is -4.98. The first-order valence-electron chi connectivity index (χ1n) is 7.62. The van der Waals surface area contributed by atoms with E-state index < -0.39 is 40.6 Å². The van der Waals surface area contributed by atoms with Gasteiger partial charge in [0.2, 0.25) is 0 Å². The molecule has 0 bridgehead atoms. The minimum Gasteiger partial charge on any atom is -0.425 e. The van der Waals surface area contributed by atoms with E-state index in [1.807, 2.05) is 0 Å². The first-order valence-corrected chi connectivity index (χ1v) is 8.00. The molecule has 27 heavy (non-hydrogen) atoms. The van der Waals surface area contributed by atoms with Crippen molar-refractivity contribution in [1.29, 1.82) is 0 Å². The van der Waals surface area contributed by atoms with E-state index in [1.54, 1.807) is 0 Å². The third kappa shape index (κ3) is 3.61. The molecule has 1 aromatic heterocycles. The number of esters is 1. The second kappa shape index (κ2) is 6.52. The average molecular weight is 407 g/mol. The molecule has 0 aliphatic heterocycles. The van der Waals surface area contributed by atoms with Crippen molar-refractivity contribution in [3.05, 3.63) is 55.6 Å². The highest BCUT2D eigenvalue weighted by atomic mass is 35.5. The molecule has 0 radical (unpaired) electrons. The van der Waals surface area contributed by atoms with Gasteiger partial charge in [0.15, 0.2) is 5.75 Å². The molecule has 0 amide bonds. The molecule has 11 heteroatoms. The maximum Gasteiger partial charge on any atom is 0.431 e. The molecule has 144 valence electrons. The summed E-state index contributed by atoms with van der Waals surface area (Å²) in [6.45, 7) is 0. The Morgan fingerprint density at radius 1 is 1.22 bits per heavy atom. The van der Waals surface area contributed by atoms with Crippen LogP contribution in [0.3, 0.4) is 0 Å². The van der Waals surface area contributed by atoms with E-state index in [4.69, 9.17) is 16.3 Å². The largest absolute Gasteiger partial charge is 0.431 e. The van der Waals surface area contributed by atoms with Gasteiger partial charge in [-0.15, -0.1) is 0 Å². The summed E-state index contributed by atoms with van der Waals surface area (Å²) < 4.78 is 58.4. The highest BCUT2D eigenvalue weighted by molar-refractivity contribution is 6.32. The van der Waals surface area contributed by atoms with E-state index in [1.165, 1.54) is 0 Å². The number of rotatable bonds is 3. The van der Waals surface area contributed by atoms with Crippen LogP contribution in [0, 0.1) is 11.7 Å². The number of alkyl halides is 3. The first kappa shape index (κ1) is 19.2. The van der Waals surface area contributed by atoms with Crippen molar-refractivity contribution in [1.82, 2.24) is 9.13 Å². The highest BCUT2D eigenvalue weighted by Gasteiger charge is 2.35. The zero-order valence-electron chi connectivity index (χ0n) is 13.6. The number of halogens is 5. The predicted octanol–water partition coefficient (Wildman–Crippen LogP) is 2.66. The molecule has 0 atom stereocenters. The number of benzene rings is 1. The second-order valence-corrected chi connectivity index (χ2v) is 6.38. The number of aromatic nitrogens is 2. The summed E-state index contributed by atoms with van der Waals surface area (Å²) in [5, 5.41) is -0.290. The number of carbonyl (C=O) groups is 1. The second-order valence-electron chi connectivity index (χ2n) is 5.97. The zero-order chi connectivity index (χ0) is 20.1. The molecule has 1 aliphatic rings. The van der Waals surface area contributed by atoms with Crippen LogP contribution in [0.25, 0.3) is 5.69 Å². The Hall–Kier alpha value is -2.62. The molecular weight excluding hydrogens is 396 g/mol. The molecule has 1 heterocycles. The maximum absolute atomic E-state index is 14.3. The fourth-order valence-electron chi connectivity index (χ4n) is 2.40. The van der Waals surface area contributed by atoms with Gasteiger partial charge in [-0.25, -0.2) is 13.8 Å². The number of nitrogens with zero attached hydrogens (tertiary/aromatic N) is 2. The Balaban J connectivity index is 2.16. The van der Waals surface area contributed by atoms with Gasteiger partial charge in [0, 0.05) is 19.2 Å². The summed E-state index contributed by atoms with van der Waals surface area (Å²) in [4.78, 5) is 36.1. The Labute approximate surface area is 153 Å². The maximum atomic E-state index is 14.3. The standard InChI is InChI=1S/C16H11ClF4N2O4/c1-22-12(16(19,20)21)6-13(24)23(15(22)26)10-5-11(8(17)4-9(10)18)27-14(25)7-2-3-7/h4-7H,2-3H2,1H3. The number of ether oxygens (including phenoxy) is 1. The fraction of sp³-hybridized carbons (Fsp3) is 0.312. The molecule has 0 saturated heterocycles. The van der Waals surface area contributed by atoms with Gasteiger partial charge in [0.05, 0.1) is 16.6 Å². The number of carbonyl (C=O) groups excluding carboxylic acids is 1. The van der Waals surface area contributed by atoms with Gasteiger partial charge in [0.25, 0.3) is 5.56 Å². The van der Waals surface area contributed by atoms with Crippen molar-refractivity contribution >= 4 is 17.6 Å². The van der Waals surface area contributed by atoms with Gasteiger partial charge in [0.1, 0.15) is 11.5 Å². The van der Waals surface area contributed by atoms with Crippen LogP contribution in [0.15, 0.2) is 27.8 Å². The lowest BCUT2D eigenvalue weighted by Crippen LogP contribution is -2.41. The molecule has 0 unspecified atom stereocenters. The third-order valence-corrected chi connectivity index (χ3v) is 4.27. The average Bonchev–Trinajstić information content (AvgIpc) is 3.38. The molecule has 1 fully saturated rings. The highest BCUT2D eigenvalue weighted by Crippen LogP contribution is 2.34. The quantitative estimate of drug-likeness (QED) is 0.446. The van der Waals surface area contributed by atoms with E-state index in [-0.39, 0.29) is 31.9 Å². The molecule has 1 aliphatic carbocycles. The molecule has 0 spiro atoms. The lowest BCUT2D eigenvalue weighted by atomic mass is 10.2. The topological polar surface area (TPSA) is 70.3 Å². The van der Waals surface area contributed by atoms with Crippen LogP contribution in [-0.2, 0) is 18.0 Å². The van der Waals surface area contributed by atoms with Gasteiger partial charge in [-0.1, -0.05) is 11.6 Å². The Morgan fingerprint density at radius 2 is 1.85 bits per heavy atom. The van der Waals surface area contributed by atoms with Crippen LogP contribution >= 0.6 is 11.6 Å². The summed E-state index contributed by atoms with van der Waals surface area (Å²) >= 11 is 5.82. The van der Waals surface area contributed by atoms with Gasteiger partial charge >= 0.3 is 17.8 Å². The summed E-state index contributed by atoms with van der Waals surface area (Å²) in [6.07, 6.45) is -3.69. The fourth-order valence-corrected chi connectivity index (χ4v) is 2.59.